The lowest BCUT2D eigenvalue weighted by atomic mass is 10.1. The van der Waals surface area contributed by atoms with Gasteiger partial charge in [-0.2, -0.15) is 0 Å². The van der Waals surface area contributed by atoms with Gasteiger partial charge in [0.25, 0.3) is 11.8 Å². The van der Waals surface area contributed by atoms with Gasteiger partial charge in [-0.25, -0.2) is 0 Å². The van der Waals surface area contributed by atoms with Gasteiger partial charge in [-0.3, -0.25) is 19.3 Å². The molecule has 3 aliphatic heterocycles. The zero-order valence-corrected chi connectivity index (χ0v) is 17.7. The Bertz CT molecular complexity index is 1050. The van der Waals surface area contributed by atoms with Gasteiger partial charge < -0.3 is 19.3 Å². The summed E-state index contributed by atoms with van der Waals surface area (Å²) in [6.45, 7) is 1.30. The maximum atomic E-state index is 13.4. The average Bonchev–Trinajstić information content (AvgIpc) is 2.85. The smallest absolute Gasteiger partial charge is 0.265 e. The standard InChI is InChI=1S/C24H25N3O5/c28-22(15-27-17-8-2-4-10-19(17)31-16-23(27)29)26-14-21(24(30)25-12-6-1-7-13-25)32-20-11-5-3-9-18(20)26/h2-5,8-11,21H,1,6-7,12-16H2. The zero-order valence-electron chi connectivity index (χ0n) is 17.7. The minimum Gasteiger partial charge on any atom is -0.482 e. The van der Waals surface area contributed by atoms with Crippen LogP contribution in [0.2, 0.25) is 0 Å². The third-order valence-corrected chi connectivity index (χ3v) is 6.12. The van der Waals surface area contributed by atoms with Gasteiger partial charge in [-0.15, -0.1) is 0 Å². The SMILES string of the molecule is O=C(C1CN(C(=O)CN2C(=O)COc3ccccc32)c2ccccc2O1)N1CCCCC1. The van der Waals surface area contributed by atoms with E-state index in [-0.39, 0.29) is 37.4 Å². The first-order chi connectivity index (χ1) is 15.6. The molecule has 0 saturated carbocycles. The Balaban J connectivity index is 1.40. The lowest BCUT2D eigenvalue weighted by Gasteiger charge is -2.38. The van der Waals surface area contributed by atoms with E-state index in [0.29, 0.717) is 36.0 Å². The number of fused-ring (bicyclic) bond motifs is 2. The molecule has 3 heterocycles. The molecule has 1 unspecified atom stereocenters. The van der Waals surface area contributed by atoms with Crippen LogP contribution in [0.3, 0.4) is 0 Å². The second-order valence-corrected chi connectivity index (χ2v) is 8.20. The molecule has 32 heavy (non-hydrogen) atoms. The summed E-state index contributed by atoms with van der Waals surface area (Å²) < 4.78 is 11.5. The molecule has 1 atom stereocenters. The van der Waals surface area contributed by atoms with E-state index in [4.69, 9.17) is 9.47 Å². The quantitative estimate of drug-likeness (QED) is 0.739. The number of nitrogens with zero attached hydrogens (tertiary/aromatic N) is 3. The number of piperidine rings is 1. The fourth-order valence-electron chi connectivity index (χ4n) is 4.47. The molecule has 0 aromatic heterocycles. The molecular weight excluding hydrogens is 410 g/mol. The normalized spacial score (nSPS) is 20.1. The average molecular weight is 435 g/mol. The summed E-state index contributed by atoms with van der Waals surface area (Å²) in [6.07, 6.45) is 2.32. The van der Waals surface area contributed by atoms with Crippen LogP contribution in [0.1, 0.15) is 19.3 Å². The van der Waals surface area contributed by atoms with Gasteiger partial charge in [0.1, 0.15) is 18.0 Å². The van der Waals surface area contributed by atoms with E-state index in [1.807, 2.05) is 23.1 Å². The number of ether oxygens (including phenoxy) is 2. The highest BCUT2D eigenvalue weighted by atomic mass is 16.5. The summed E-state index contributed by atoms with van der Waals surface area (Å²) in [7, 11) is 0. The van der Waals surface area contributed by atoms with Crippen LogP contribution in [-0.2, 0) is 14.4 Å². The third-order valence-electron chi connectivity index (χ3n) is 6.12. The molecule has 2 aromatic rings. The van der Waals surface area contributed by atoms with E-state index in [0.717, 1.165) is 19.3 Å². The predicted octanol–water partition coefficient (Wildman–Crippen LogP) is 2.22. The van der Waals surface area contributed by atoms with Crippen LogP contribution in [0.25, 0.3) is 0 Å². The van der Waals surface area contributed by atoms with Crippen molar-refractivity contribution in [1.82, 2.24) is 4.90 Å². The summed E-state index contributed by atoms with van der Waals surface area (Å²) in [4.78, 5) is 43.9. The molecule has 0 spiro atoms. The Morgan fingerprint density at radius 3 is 2.38 bits per heavy atom. The van der Waals surface area contributed by atoms with E-state index in [9.17, 15) is 14.4 Å². The van der Waals surface area contributed by atoms with Gasteiger partial charge >= 0.3 is 0 Å². The van der Waals surface area contributed by atoms with Crippen molar-refractivity contribution in [3.8, 4) is 11.5 Å². The van der Waals surface area contributed by atoms with Crippen molar-refractivity contribution in [2.45, 2.75) is 25.4 Å². The number of carbonyl (C=O) groups is 3. The van der Waals surface area contributed by atoms with E-state index in [2.05, 4.69) is 0 Å². The predicted molar refractivity (Wildman–Crippen MR) is 118 cm³/mol. The van der Waals surface area contributed by atoms with Crippen LogP contribution < -0.4 is 19.3 Å². The van der Waals surface area contributed by atoms with Crippen LogP contribution in [0, 0.1) is 0 Å². The van der Waals surface area contributed by atoms with Crippen LogP contribution in [0.5, 0.6) is 11.5 Å². The summed E-state index contributed by atoms with van der Waals surface area (Å²) >= 11 is 0. The largest absolute Gasteiger partial charge is 0.482 e. The number of carbonyl (C=O) groups excluding carboxylic acids is 3. The summed E-state index contributed by atoms with van der Waals surface area (Å²) in [5.41, 5.74) is 1.17. The van der Waals surface area contributed by atoms with Gasteiger partial charge in [-0.1, -0.05) is 24.3 Å². The second-order valence-electron chi connectivity index (χ2n) is 8.20. The Morgan fingerprint density at radius 2 is 1.59 bits per heavy atom. The van der Waals surface area contributed by atoms with Gasteiger partial charge in [0.2, 0.25) is 5.91 Å². The maximum Gasteiger partial charge on any atom is 0.265 e. The molecule has 8 nitrogen and oxygen atoms in total. The van der Waals surface area contributed by atoms with E-state index in [1.54, 1.807) is 35.2 Å². The topological polar surface area (TPSA) is 79.4 Å². The minimum absolute atomic E-state index is 0.0928. The lowest BCUT2D eigenvalue weighted by Crippen LogP contribution is -2.55. The number of rotatable bonds is 3. The molecule has 0 N–H and O–H groups in total. The molecule has 0 aliphatic carbocycles. The molecule has 3 amide bonds. The summed E-state index contributed by atoms with van der Waals surface area (Å²) in [5.74, 6) is 0.420. The number of hydrogen-bond acceptors (Lipinski definition) is 5. The number of benzene rings is 2. The van der Waals surface area contributed by atoms with Gasteiger partial charge in [-0.05, 0) is 43.5 Å². The first-order valence-corrected chi connectivity index (χ1v) is 11.0. The van der Waals surface area contributed by atoms with Crippen molar-refractivity contribution < 1.29 is 23.9 Å². The number of hydrogen-bond donors (Lipinski definition) is 0. The molecule has 0 radical (unpaired) electrons. The highest BCUT2D eigenvalue weighted by molar-refractivity contribution is 6.06. The minimum atomic E-state index is -0.764. The number of para-hydroxylation sites is 4. The van der Waals surface area contributed by atoms with E-state index in [1.165, 1.54) is 4.90 Å². The number of likely N-dealkylation sites (tertiary alicyclic amines) is 1. The van der Waals surface area contributed by atoms with E-state index < -0.39 is 6.10 Å². The Morgan fingerprint density at radius 1 is 0.906 bits per heavy atom. The van der Waals surface area contributed by atoms with Crippen molar-refractivity contribution in [3.63, 3.8) is 0 Å². The van der Waals surface area contributed by atoms with Crippen molar-refractivity contribution in [2.24, 2.45) is 0 Å². The monoisotopic (exact) mass is 435 g/mol. The molecule has 8 heteroatoms. The fourth-order valence-corrected chi connectivity index (χ4v) is 4.47. The van der Waals surface area contributed by atoms with Crippen molar-refractivity contribution in [3.05, 3.63) is 48.5 Å². The van der Waals surface area contributed by atoms with Crippen LogP contribution in [-0.4, -0.2) is 61.5 Å². The fraction of sp³-hybridized carbons (Fsp3) is 0.375. The molecule has 2 aromatic carbocycles. The third kappa shape index (κ3) is 3.77. The molecular formula is C24H25N3O5. The molecule has 1 fully saturated rings. The van der Waals surface area contributed by atoms with E-state index >= 15 is 0 Å². The van der Waals surface area contributed by atoms with Crippen molar-refractivity contribution in [1.29, 1.82) is 0 Å². The van der Waals surface area contributed by atoms with Gasteiger partial charge in [0.15, 0.2) is 12.7 Å². The first kappa shape index (κ1) is 20.4. The molecule has 1 saturated heterocycles. The Kier molecular flexibility index (Phi) is 5.43. The zero-order chi connectivity index (χ0) is 22.1. The summed E-state index contributed by atoms with van der Waals surface area (Å²) in [6, 6.07) is 14.4. The highest BCUT2D eigenvalue weighted by Crippen LogP contribution is 2.35. The first-order valence-electron chi connectivity index (χ1n) is 11.0. The summed E-state index contributed by atoms with van der Waals surface area (Å²) in [5, 5.41) is 0. The van der Waals surface area contributed by atoms with Gasteiger partial charge in [0, 0.05) is 13.1 Å². The molecule has 5 rings (SSSR count). The van der Waals surface area contributed by atoms with Gasteiger partial charge in [0.05, 0.1) is 17.9 Å². The molecule has 3 aliphatic rings. The molecule has 0 bridgehead atoms. The Labute approximate surface area is 186 Å². The second kappa shape index (κ2) is 8.53. The number of anilines is 2. The van der Waals surface area contributed by atoms with Crippen molar-refractivity contribution >= 4 is 29.1 Å². The van der Waals surface area contributed by atoms with Crippen LogP contribution >= 0.6 is 0 Å². The number of amides is 3. The van der Waals surface area contributed by atoms with Crippen LogP contribution in [0.4, 0.5) is 11.4 Å². The highest BCUT2D eigenvalue weighted by Gasteiger charge is 2.37. The van der Waals surface area contributed by atoms with Crippen LogP contribution in [0.15, 0.2) is 48.5 Å². The molecule has 166 valence electrons. The van der Waals surface area contributed by atoms with Crippen molar-refractivity contribution in [2.75, 3.05) is 42.6 Å². The lowest BCUT2D eigenvalue weighted by molar-refractivity contribution is -0.139. The maximum absolute atomic E-state index is 13.4. The Hall–Kier alpha value is -3.55.